The zero-order chi connectivity index (χ0) is 17.7. The summed E-state index contributed by atoms with van der Waals surface area (Å²) in [5.74, 6) is -0.817. The summed E-state index contributed by atoms with van der Waals surface area (Å²) in [6.07, 6.45) is 0. The van der Waals surface area contributed by atoms with Gasteiger partial charge >= 0.3 is 5.97 Å². The third-order valence-electron chi connectivity index (χ3n) is 4.03. The molecule has 1 aromatic heterocycles. The first-order chi connectivity index (χ1) is 12.0. The fraction of sp³-hybridized carbons (Fsp3) is 0.111. The average Bonchev–Trinajstić information content (AvgIpc) is 2.88. The first kappa shape index (κ1) is 15.9. The van der Waals surface area contributed by atoms with Crippen LogP contribution in [0, 0.1) is 3.57 Å². The second-order valence-electron chi connectivity index (χ2n) is 5.52. The van der Waals surface area contributed by atoms with Crippen LogP contribution in [-0.2, 0) is 4.74 Å². The summed E-state index contributed by atoms with van der Waals surface area (Å²) in [6, 6.07) is 9.88. The lowest BCUT2D eigenvalue weighted by Gasteiger charge is -2.06. The number of fused-ring (bicyclic) bond motifs is 4. The second kappa shape index (κ2) is 5.76. The standard InChI is InChI=1S/C18H11IN2O4/c1-2-25-18(24)9-3-6-14-12(7-9)15(22)16-20-13-5-4-10(19)8-11(13)17(23)21(14)16/h3-8H,2H2,1H3. The van der Waals surface area contributed by atoms with Crippen molar-refractivity contribution in [3.63, 3.8) is 0 Å². The molecule has 0 spiro atoms. The lowest BCUT2D eigenvalue weighted by atomic mass is 10.1. The Bertz CT molecular complexity index is 1130. The minimum Gasteiger partial charge on any atom is -0.462 e. The Hall–Kier alpha value is -2.55. The van der Waals surface area contributed by atoms with Gasteiger partial charge in [0.15, 0.2) is 5.82 Å². The van der Waals surface area contributed by atoms with Crippen LogP contribution in [0.2, 0.25) is 0 Å². The molecule has 0 aliphatic carbocycles. The summed E-state index contributed by atoms with van der Waals surface area (Å²) in [6.45, 7) is 1.96. The molecule has 25 heavy (non-hydrogen) atoms. The van der Waals surface area contributed by atoms with E-state index in [4.69, 9.17) is 4.74 Å². The summed E-state index contributed by atoms with van der Waals surface area (Å²) >= 11 is 2.12. The van der Waals surface area contributed by atoms with Gasteiger partial charge in [0, 0.05) is 3.57 Å². The van der Waals surface area contributed by atoms with Crippen LogP contribution < -0.4 is 5.56 Å². The zero-order valence-corrected chi connectivity index (χ0v) is 15.2. The fourth-order valence-corrected chi connectivity index (χ4v) is 3.40. The SMILES string of the molecule is CCOC(=O)c1ccc2c(c1)C(=O)c1nc3ccc(I)cc3c(=O)n1-2. The largest absolute Gasteiger partial charge is 0.462 e. The fourth-order valence-electron chi connectivity index (χ4n) is 2.91. The van der Waals surface area contributed by atoms with Crippen molar-refractivity contribution in [1.29, 1.82) is 0 Å². The molecule has 0 unspecified atom stereocenters. The van der Waals surface area contributed by atoms with E-state index in [-0.39, 0.29) is 34.9 Å². The van der Waals surface area contributed by atoms with E-state index in [9.17, 15) is 14.4 Å². The Morgan fingerprint density at radius 2 is 2.00 bits per heavy atom. The van der Waals surface area contributed by atoms with Gasteiger partial charge in [-0.25, -0.2) is 9.78 Å². The van der Waals surface area contributed by atoms with Crippen LogP contribution in [0.25, 0.3) is 16.6 Å². The van der Waals surface area contributed by atoms with Crippen LogP contribution in [0.4, 0.5) is 0 Å². The number of hydrogen-bond acceptors (Lipinski definition) is 5. The Morgan fingerprint density at radius 3 is 2.76 bits per heavy atom. The summed E-state index contributed by atoms with van der Waals surface area (Å²) in [4.78, 5) is 41.8. The molecule has 4 rings (SSSR count). The van der Waals surface area contributed by atoms with Gasteiger partial charge in [0.1, 0.15) is 0 Å². The molecule has 0 N–H and O–H groups in total. The maximum absolute atomic E-state index is 12.9. The van der Waals surface area contributed by atoms with E-state index in [0.29, 0.717) is 16.6 Å². The van der Waals surface area contributed by atoms with Gasteiger partial charge in [-0.2, -0.15) is 0 Å². The molecule has 2 aromatic carbocycles. The molecule has 2 heterocycles. The van der Waals surface area contributed by atoms with E-state index >= 15 is 0 Å². The minimum absolute atomic E-state index is 0.0646. The van der Waals surface area contributed by atoms with Crippen molar-refractivity contribution < 1.29 is 14.3 Å². The van der Waals surface area contributed by atoms with Crippen molar-refractivity contribution in [3.05, 3.63) is 67.3 Å². The Kier molecular flexibility index (Phi) is 3.68. The highest BCUT2D eigenvalue weighted by molar-refractivity contribution is 14.1. The van der Waals surface area contributed by atoms with Crippen molar-refractivity contribution in [2.75, 3.05) is 6.61 Å². The number of aromatic nitrogens is 2. The second-order valence-corrected chi connectivity index (χ2v) is 6.76. The third kappa shape index (κ3) is 2.38. The molecule has 0 saturated heterocycles. The number of benzene rings is 2. The molecule has 0 amide bonds. The van der Waals surface area contributed by atoms with Crippen molar-refractivity contribution in [1.82, 2.24) is 9.55 Å². The molecule has 0 radical (unpaired) electrons. The first-order valence-corrected chi connectivity index (χ1v) is 8.67. The maximum atomic E-state index is 12.9. The number of ketones is 1. The van der Waals surface area contributed by atoms with Gasteiger partial charge in [-0.05, 0) is 65.9 Å². The van der Waals surface area contributed by atoms with Crippen LogP contribution in [0.5, 0.6) is 0 Å². The molecule has 3 aromatic rings. The van der Waals surface area contributed by atoms with Crippen LogP contribution in [-0.4, -0.2) is 27.9 Å². The molecule has 0 fully saturated rings. The molecule has 0 bridgehead atoms. The third-order valence-corrected chi connectivity index (χ3v) is 4.70. The van der Waals surface area contributed by atoms with E-state index < -0.39 is 5.97 Å². The molecule has 1 aliphatic heterocycles. The molecule has 124 valence electrons. The number of ether oxygens (including phenoxy) is 1. The number of carbonyl (C=O) groups is 2. The van der Waals surface area contributed by atoms with Crippen LogP contribution in [0.15, 0.2) is 41.2 Å². The highest BCUT2D eigenvalue weighted by Gasteiger charge is 2.31. The molecule has 7 heteroatoms. The normalized spacial score (nSPS) is 12.2. The van der Waals surface area contributed by atoms with Crippen molar-refractivity contribution in [3.8, 4) is 5.69 Å². The molecule has 6 nitrogen and oxygen atoms in total. The number of nitrogens with zero attached hydrogens (tertiary/aromatic N) is 2. The smallest absolute Gasteiger partial charge is 0.338 e. The lowest BCUT2D eigenvalue weighted by molar-refractivity contribution is 0.0526. The number of esters is 1. The highest BCUT2D eigenvalue weighted by Crippen LogP contribution is 2.27. The van der Waals surface area contributed by atoms with Crippen LogP contribution >= 0.6 is 22.6 Å². The Balaban J connectivity index is 1.97. The van der Waals surface area contributed by atoms with Gasteiger partial charge in [0.25, 0.3) is 5.56 Å². The van der Waals surface area contributed by atoms with E-state index in [1.54, 1.807) is 31.2 Å². The Morgan fingerprint density at radius 1 is 1.20 bits per heavy atom. The predicted molar refractivity (Wildman–Crippen MR) is 99.4 cm³/mol. The number of hydrogen-bond donors (Lipinski definition) is 0. The number of rotatable bonds is 2. The van der Waals surface area contributed by atoms with Crippen LogP contribution in [0.1, 0.15) is 33.5 Å². The highest BCUT2D eigenvalue weighted by atomic mass is 127. The van der Waals surface area contributed by atoms with Gasteiger partial charge in [-0.3, -0.25) is 14.2 Å². The predicted octanol–water partition coefficient (Wildman–Crippen LogP) is 2.71. The summed E-state index contributed by atoms with van der Waals surface area (Å²) in [5.41, 5.74) is 1.17. The van der Waals surface area contributed by atoms with Gasteiger partial charge in [-0.1, -0.05) is 0 Å². The molecule has 0 saturated carbocycles. The number of carbonyl (C=O) groups excluding carboxylic acids is 2. The van der Waals surface area contributed by atoms with Gasteiger partial charge in [-0.15, -0.1) is 0 Å². The Labute approximate surface area is 155 Å². The van der Waals surface area contributed by atoms with Gasteiger partial charge in [0.2, 0.25) is 5.78 Å². The molecular weight excluding hydrogens is 435 g/mol. The summed E-state index contributed by atoms with van der Waals surface area (Å²) < 4.78 is 7.18. The topological polar surface area (TPSA) is 78.3 Å². The van der Waals surface area contributed by atoms with E-state index in [1.165, 1.54) is 10.6 Å². The minimum atomic E-state index is -0.505. The average molecular weight is 446 g/mol. The van der Waals surface area contributed by atoms with Crippen molar-refractivity contribution in [2.45, 2.75) is 6.92 Å². The molecule has 1 aliphatic rings. The van der Waals surface area contributed by atoms with Gasteiger partial charge in [0.05, 0.1) is 34.3 Å². The molecular formula is C18H11IN2O4. The zero-order valence-electron chi connectivity index (χ0n) is 13.1. The lowest BCUT2D eigenvalue weighted by Crippen LogP contribution is -2.21. The summed E-state index contributed by atoms with van der Waals surface area (Å²) in [7, 11) is 0. The maximum Gasteiger partial charge on any atom is 0.338 e. The first-order valence-electron chi connectivity index (χ1n) is 7.60. The number of halogens is 1. The monoisotopic (exact) mass is 446 g/mol. The van der Waals surface area contributed by atoms with E-state index in [1.807, 2.05) is 6.07 Å². The van der Waals surface area contributed by atoms with Crippen LogP contribution in [0.3, 0.4) is 0 Å². The van der Waals surface area contributed by atoms with Crippen molar-refractivity contribution >= 4 is 45.2 Å². The quantitative estimate of drug-likeness (QED) is 0.350. The van der Waals surface area contributed by atoms with Gasteiger partial charge < -0.3 is 4.74 Å². The van der Waals surface area contributed by atoms with E-state index in [0.717, 1.165) is 3.57 Å². The molecule has 0 atom stereocenters. The summed E-state index contributed by atoms with van der Waals surface area (Å²) in [5, 5.41) is 0.450. The van der Waals surface area contributed by atoms with E-state index in [2.05, 4.69) is 27.6 Å². The van der Waals surface area contributed by atoms with Crippen molar-refractivity contribution in [2.24, 2.45) is 0 Å².